The van der Waals surface area contributed by atoms with Crippen molar-refractivity contribution in [3.8, 4) is 11.1 Å². The Morgan fingerprint density at radius 3 is 1.37 bits per heavy atom. The normalized spacial score (nSPS) is 10.6. The third kappa shape index (κ3) is 3.79. The van der Waals surface area contributed by atoms with Gasteiger partial charge < -0.3 is 21.3 Å². The predicted octanol–water partition coefficient (Wildman–Crippen LogP) is 5.49. The van der Waals surface area contributed by atoms with Crippen LogP contribution in [0.3, 0.4) is 0 Å². The second kappa shape index (κ2) is 8.65. The van der Waals surface area contributed by atoms with Crippen molar-refractivity contribution in [2.24, 2.45) is 0 Å². The van der Waals surface area contributed by atoms with Gasteiger partial charge in [-0.3, -0.25) is 0 Å². The average Bonchev–Trinajstić information content (AvgIpc) is 2.79. The second-order valence-electron chi connectivity index (χ2n) is 6.83. The van der Waals surface area contributed by atoms with Gasteiger partial charge in [-0.05, 0) is 58.1 Å². The van der Waals surface area contributed by atoms with E-state index in [2.05, 4.69) is 94.1 Å². The van der Waals surface area contributed by atoms with Crippen molar-refractivity contribution >= 4 is 67.6 Å². The van der Waals surface area contributed by atoms with Crippen molar-refractivity contribution in [2.75, 3.05) is 24.7 Å². The minimum absolute atomic E-state index is 0.562. The molecule has 0 bridgehead atoms. The first kappa shape index (κ1) is 20.1. The minimum Gasteiger partial charge on any atom is -0.366 e. The molecule has 4 aromatic rings. The summed E-state index contributed by atoms with van der Waals surface area (Å²) in [6, 6.07) is 25.1. The fourth-order valence-corrected chi connectivity index (χ4v) is 3.88. The summed E-state index contributed by atoms with van der Waals surface area (Å²) >= 11 is 10.8. The maximum absolute atomic E-state index is 5.42. The van der Waals surface area contributed by atoms with Gasteiger partial charge in [0, 0.05) is 36.6 Å². The van der Waals surface area contributed by atoms with E-state index in [1.807, 2.05) is 14.1 Å². The van der Waals surface area contributed by atoms with E-state index in [9.17, 15) is 0 Å². The molecule has 0 aliphatic rings. The zero-order valence-electron chi connectivity index (χ0n) is 16.7. The third-order valence-electron chi connectivity index (χ3n) is 5.06. The summed E-state index contributed by atoms with van der Waals surface area (Å²) in [5, 5.41) is 18.4. The van der Waals surface area contributed by atoms with Crippen LogP contribution >= 0.6 is 24.4 Å². The van der Waals surface area contributed by atoms with Crippen LogP contribution in [0.15, 0.2) is 72.8 Å². The predicted molar refractivity (Wildman–Crippen MR) is 137 cm³/mol. The number of anilines is 2. The fourth-order valence-electron chi connectivity index (χ4n) is 3.66. The lowest BCUT2D eigenvalue weighted by Gasteiger charge is -2.21. The molecule has 4 nitrogen and oxygen atoms in total. The quantitative estimate of drug-likeness (QED) is 0.322. The molecule has 4 aromatic carbocycles. The van der Waals surface area contributed by atoms with Gasteiger partial charge >= 0.3 is 0 Å². The molecule has 0 saturated heterocycles. The third-order valence-corrected chi connectivity index (χ3v) is 5.67. The average molecular weight is 431 g/mol. The molecule has 0 heterocycles. The molecule has 0 radical (unpaired) electrons. The maximum atomic E-state index is 5.42. The summed E-state index contributed by atoms with van der Waals surface area (Å²) in [6.07, 6.45) is 0. The number of benzene rings is 4. The highest BCUT2D eigenvalue weighted by Gasteiger charge is 2.18. The number of hydrogen-bond donors (Lipinski definition) is 4. The lowest BCUT2D eigenvalue weighted by atomic mass is 9.91. The van der Waals surface area contributed by atoms with Gasteiger partial charge in [-0.25, -0.2) is 0 Å². The van der Waals surface area contributed by atoms with Crippen molar-refractivity contribution < 1.29 is 0 Å². The molecule has 150 valence electrons. The van der Waals surface area contributed by atoms with Gasteiger partial charge in [0.1, 0.15) is 0 Å². The molecule has 0 aliphatic heterocycles. The Morgan fingerprint density at radius 1 is 0.567 bits per heavy atom. The van der Waals surface area contributed by atoms with Crippen molar-refractivity contribution in [1.29, 1.82) is 0 Å². The Bertz CT molecular complexity index is 1170. The summed E-state index contributed by atoms with van der Waals surface area (Å²) in [5.74, 6) is 0. The second-order valence-corrected chi connectivity index (χ2v) is 7.64. The molecule has 0 saturated carbocycles. The number of hydrogen-bond acceptors (Lipinski definition) is 2. The highest BCUT2D eigenvalue weighted by molar-refractivity contribution is 7.80. The van der Waals surface area contributed by atoms with Crippen LogP contribution in [0.5, 0.6) is 0 Å². The van der Waals surface area contributed by atoms with Gasteiger partial charge in [-0.2, -0.15) is 0 Å². The van der Waals surface area contributed by atoms with Gasteiger partial charge in [0.15, 0.2) is 10.2 Å². The van der Waals surface area contributed by atoms with Gasteiger partial charge in [0.05, 0.1) is 0 Å². The standard InChI is InChI=1S/C24H22N4S2/c1-25-23(29)27-19-13-11-15-7-3-5-9-17(15)21(19)22-18-10-6-4-8-16(18)12-14-20(22)28-24(30)26-2/h3-14H,1-2H3,(H2,25,27,29)(H2,26,28,30). The van der Waals surface area contributed by atoms with Crippen molar-refractivity contribution in [1.82, 2.24) is 10.6 Å². The van der Waals surface area contributed by atoms with Crippen LogP contribution in [-0.2, 0) is 0 Å². The van der Waals surface area contributed by atoms with E-state index in [1.54, 1.807) is 0 Å². The van der Waals surface area contributed by atoms with Crippen LogP contribution in [0.2, 0.25) is 0 Å². The van der Waals surface area contributed by atoms with Crippen LogP contribution in [0.4, 0.5) is 11.4 Å². The highest BCUT2D eigenvalue weighted by Crippen LogP contribution is 2.43. The SMILES string of the molecule is CNC(=S)Nc1ccc2ccccc2c1-c1c(NC(=S)NC)ccc2ccccc12. The van der Waals surface area contributed by atoms with E-state index in [0.29, 0.717) is 10.2 Å². The lowest BCUT2D eigenvalue weighted by Crippen LogP contribution is -2.25. The number of nitrogens with one attached hydrogen (secondary N) is 4. The van der Waals surface area contributed by atoms with Gasteiger partial charge in [-0.15, -0.1) is 0 Å². The van der Waals surface area contributed by atoms with Gasteiger partial charge in [0.25, 0.3) is 0 Å². The van der Waals surface area contributed by atoms with Crippen LogP contribution in [0.25, 0.3) is 32.7 Å². The minimum atomic E-state index is 0.562. The number of rotatable bonds is 3. The molecular weight excluding hydrogens is 408 g/mol. The van der Waals surface area contributed by atoms with Crippen LogP contribution in [0, 0.1) is 0 Å². The van der Waals surface area contributed by atoms with E-state index >= 15 is 0 Å². The first-order valence-corrected chi connectivity index (χ1v) is 10.5. The van der Waals surface area contributed by atoms with Gasteiger partial charge in [0.2, 0.25) is 0 Å². The summed E-state index contributed by atoms with van der Waals surface area (Å²) in [4.78, 5) is 0. The van der Waals surface area contributed by atoms with Crippen LogP contribution in [-0.4, -0.2) is 24.3 Å². The van der Waals surface area contributed by atoms with Crippen LogP contribution < -0.4 is 21.3 Å². The Labute approximate surface area is 186 Å². The molecule has 0 unspecified atom stereocenters. The topological polar surface area (TPSA) is 48.1 Å². The van der Waals surface area contributed by atoms with Crippen molar-refractivity contribution in [3.05, 3.63) is 72.8 Å². The molecule has 0 fully saturated rings. The molecule has 0 amide bonds. The Hall–Kier alpha value is -3.22. The summed E-state index contributed by atoms with van der Waals surface area (Å²) in [5.41, 5.74) is 4.01. The lowest BCUT2D eigenvalue weighted by molar-refractivity contribution is 1.20. The zero-order chi connectivity index (χ0) is 21.1. The summed E-state index contributed by atoms with van der Waals surface area (Å²) in [6.45, 7) is 0. The largest absolute Gasteiger partial charge is 0.366 e. The molecule has 4 rings (SSSR count). The van der Waals surface area contributed by atoms with E-state index in [1.165, 1.54) is 0 Å². The van der Waals surface area contributed by atoms with E-state index in [-0.39, 0.29) is 0 Å². The molecule has 0 aromatic heterocycles. The van der Waals surface area contributed by atoms with Gasteiger partial charge in [-0.1, -0.05) is 60.7 Å². The highest BCUT2D eigenvalue weighted by atomic mass is 32.1. The molecule has 0 spiro atoms. The molecule has 0 atom stereocenters. The van der Waals surface area contributed by atoms with E-state index in [4.69, 9.17) is 24.4 Å². The molecular formula is C24H22N4S2. The maximum Gasteiger partial charge on any atom is 0.170 e. The zero-order valence-corrected chi connectivity index (χ0v) is 18.4. The smallest absolute Gasteiger partial charge is 0.170 e. The monoisotopic (exact) mass is 430 g/mol. The Kier molecular flexibility index (Phi) is 5.79. The van der Waals surface area contributed by atoms with E-state index < -0.39 is 0 Å². The van der Waals surface area contributed by atoms with E-state index in [0.717, 1.165) is 44.0 Å². The summed E-state index contributed by atoms with van der Waals surface area (Å²) in [7, 11) is 3.62. The van der Waals surface area contributed by atoms with Crippen molar-refractivity contribution in [2.45, 2.75) is 0 Å². The Balaban J connectivity index is 2.10. The first-order chi connectivity index (χ1) is 14.6. The molecule has 4 N–H and O–H groups in total. The van der Waals surface area contributed by atoms with Crippen LogP contribution in [0.1, 0.15) is 0 Å². The Morgan fingerprint density at radius 2 is 0.967 bits per heavy atom. The number of thiocarbonyl (C=S) groups is 2. The summed E-state index contributed by atoms with van der Waals surface area (Å²) < 4.78 is 0. The van der Waals surface area contributed by atoms with Crippen molar-refractivity contribution in [3.63, 3.8) is 0 Å². The first-order valence-electron chi connectivity index (χ1n) is 9.63. The molecule has 0 aliphatic carbocycles. The fraction of sp³-hybridized carbons (Fsp3) is 0.0833. The number of fused-ring (bicyclic) bond motifs is 2. The molecule has 6 heteroatoms. The molecule has 30 heavy (non-hydrogen) atoms.